The van der Waals surface area contributed by atoms with Gasteiger partial charge in [0.1, 0.15) is 0 Å². The molecule has 2 heteroatoms. The van der Waals surface area contributed by atoms with E-state index in [0.717, 1.165) is 12.5 Å². The molecule has 0 aromatic rings. The normalized spacial score (nSPS) is 24.2. The summed E-state index contributed by atoms with van der Waals surface area (Å²) in [5.41, 5.74) is 5.63. The molecule has 0 amide bonds. The molecule has 1 aliphatic heterocycles. The molecule has 1 fully saturated rings. The van der Waals surface area contributed by atoms with Crippen LogP contribution in [-0.2, 0) is 0 Å². The first-order valence-electron chi connectivity index (χ1n) is 5.22. The smallest absolute Gasteiger partial charge is 0.0190 e. The largest absolute Gasteiger partial charge is 0.329 e. The molecule has 0 radical (unpaired) electrons. The summed E-state index contributed by atoms with van der Waals surface area (Å²) in [5.74, 6) is 0.978. The standard InChI is InChI=1S/C10H22N2/c1-3-10-4-6-12(7-5-10)9(2)8-11/h9-10H,3-8,11H2,1-2H3. The Morgan fingerprint density at radius 3 is 2.42 bits per heavy atom. The molecule has 0 aromatic heterocycles. The van der Waals surface area contributed by atoms with Gasteiger partial charge in [0.25, 0.3) is 0 Å². The van der Waals surface area contributed by atoms with Crippen LogP contribution in [0.15, 0.2) is 0 Å². The van der Waals surface area contributed by atoms with Gasteiger partial charge in [-0.15, -0.1) is 0 Å². The Labute approximate surface area is 76.1 Å². The van der Waals surface area contributed by atoms with Gasteiger partial charge < -0.3 is 5.73 Å². The Kier molecular flexibility index (Phi) is 4.02. The van der Waals surface area contributed by atoms with Gasteiger partial charge in [0.2, 0.25) is 0 Å². The second kappa shape index (κ2) is 4.83. The molecule has 72 valence electrons. The van der Waals surface area contributed by atoms with Crippen LogP contribution in [0.2, 0.25) is 0 Å². The van der Waals surface area contributed by atoms with Gasteiger partial charge in [-0.1, -0.05) is 13.3 Å². The summed E-state index contributed by atoms with van der Waals surface area (Å²) in [6.45, 7) is 7.85. The van der Waals surface area contributed by atoms with E-state index in [9.17, 15) is 0 Å². The Hall–Kier alpha value is -0.0800. The van der Waals surface area contributed by atoms with Gasteiger partial charge >= 0.3 is 0 Å². The van der Waals surface area contributed by atoms with Crippen molar-refractivity contribution in [3.63, 3.8) is 0 Å². The number of rotatable bonds is 3. The van der Waals surface area contributed by atoms with Crippen LogP contribution in [0.3, 0.4) is 0 Å². The molecule has 12 heavy (non-hydrogen) atoms. The van der Waals surface area contributed by atoms with Crippen LogP contribution in [-0.4, -0.2) is 30.6 Å². The van der Waals surface area contributed by atoms with Gasteiger partial charge in [0.15, 0.2) is 0 Å². The Balaban J connectivity index is 2.25. The van der Waals surface area contributed by atoms with E-state index in [1.54, 1.807) is 0 Å². The molecule has 0 aromatic carbocycles. The van der Waals surface area contributed by atoms with Gasteiger partial charge in [-0.25, -0.2) is 0 Å². The summed E-state index contributed by atoms with van der Waals surface area (Å²) >= 11 is 0. The third kappa shape index (κ3) is 2.46. The average Bonchev–Trinajstić information content (AvgIpc) is 2.17. The van der Waals surface area contributed by atoms with Gasteiger partial charge in [0, 0.05) is 12.6 Å². The Bertz CT molecular complexity index is 117. The lowest BCUT2D eigenvalue weighted by Crippen LogP contribution is -2.43. The van der Waals surface area contributed by atoms with Crippen molar-refractivity contribution in [1.82, 2.24) is 4.90 Å². The first-order valence-corrected chi connectivity index (χ1v) is 5.22. The minimum atomic E-state index is 0.586. The summed E-state index contributed by atoms with van der Waals surface area (Å²) in [5, 5.41) is 0. The van der Waals surface area contributed by atoms with Crippen LogP contribution in [0.4, 0.5) is 0 Å². The molecule has 1 heterocycles. The summed E-state index contributed by atoms with van der Waals surface area (Å²) < 4.78 is 0. The first-order chi connectivity index (χ1) is 5.77. The zero-order chi connectivity index (χ0) is 8.97. The Morgan fingerprint density at radius 1 is 1.42 bits per heavy atom. The topological polar surface area (TPSA) is 29.3 Å². The van der Waals surface area contributed by atoms with Crippen LogP contribution < -0.4 is 5.73 Å². The van der Waals surface area contributed by atoms with Crippen molar-refractivity contribution in [1.29, 1.82) is 0 Å². The number of likely N-dealkylation sites (tertiary alicyclic amines) is 1. The zero-order valence-electron chi connectivity index (χ0n) is 8.42. The third-order valence-electron chi connectivity index (χ3n) is 3.19. The van der Waals surface area contributed by atoms with E-state index >= 15 is 0 Å². The molecule has 2 nitrogen and oxygen atoms in total. The molecule has 1 unspecified atom stereocenters. The van der Waals surface area contributed by atoms with E-state index in [1.165, 1.54) is 32.4 Å². The third-order valence-corrected chi connectivity index (χ3v) is 3.19. The maximum Gasteiger partial charge on any atom is 0.0190 e. The highest BCUT2D eigenvalue weighted by Gasteiger charge is 2.20. The maximum atomic E-state index is 5.63. The molecule has 1 aliphatic rings. The summed E-state index contributed by atoms with van der Waals surface area (Å²) in [4.78, 5) is 2.52. The fourth-order valence-electron chi connectivity index (χ4n) is 1.95. The maximum absolute atomic E-state index is 5.63. The minimum Gasteiger partial charge on any atom is -0.329 e. The van der Waals surface area contributed by atoms with E-state index in [2.05, 4.69) is 18.7 Å². The average molecular weight is 170 g/mol. The fourth-order valence-corrected chi connectivity index (χ4v) is 1.95. The van der Waals surface area contributed by atoms with Crippen LogP contribution in [0.25, 0.3) is 0 Å². The van der Waals surface area contributed by atoms with E-state index in [1.807, 2.05) is 0 Å². The molecule has 1 saturated heterocycles. The lowest BCUT2D eigenvalue weighted by molar-refractivity contribution is 0.142. The second-order valence-electron chi connectivity index (χ2n) is 3.97. The summed E-state index contributed by atoms with van der Waals surface area (Å²) in [6, 6.07) is 0.586. The van der Waals surface area contributed by atoms with Gasteiger partial charge in [-0.3, -0.25) is 4.90 Å². The quantitative estimate of drug-likeness (QED) is 0.694. The predicted octanol–water partition coefficient (Wildman–Crippen LogP) is 1.46. The number of piperidine rings is 1. The van der Waals surface area contributed by atoms with Gasteiger partial charge in [-0.2, -0.15) is 0 Å². The van der Waals surface area contributed by atoms with Crippen molar-refractivity contribution in [2.45, 2.75) is 39.2 Å². The van der Waals surface area contributed by atoms with Crippen molar-refractivity contribution in [3.8, 4) is 0 Å². The molecule has 0 spiro atoms. The fraction of sp³-hybridized carbons (Fsp3) is 1.00. The van der Waals surface area contributed by atoms with Crippen molar-refractivity contribution < 1.29 is 0 Å². The van der Waals surface area contributed by atoms with E-state index in [-0.39, 0.29) is 0 Å². The molecule has 2 N–H and O–H groups in total. The molecule has 0 saturated carbocycles. The minimum absolute atomic E-state index is 0.586. The second-order valence-corrected chi connectivity index (χ2v) is 3.97. The van der Waals surface area contributed by atoms with E-state index in [0.29, 0.717) is 6.04 Å². The number of hydrogen-bond acceptors (Lipinski definition) is 2. The Morgan fingerprint density at radius 2 is 2.00 bits per heavy atom. The van der Waals surface area contributed by atoms with Crippen LogP contribution >= 0.6 is 0 Å². The molecular weight excluding hydrogens is 148 g/mol. The van der Waals surface area contributed by atoms with Gasteiger partial charge in [0.05, 0.1) is 0 Å². The van der Waals surface area contributed by atoms with E-state index < -0.39 is 0 Å². The molecule has 0 aliphatic carbocycles. The molecule has 1 atom stereocenters. The van der Waals surface area contributed by atoms with E-state index in [4.69, 9.17) is 5.73 Å². The van der Waals surface area contributed by atoms with Crippen molar-refractivity contribution in [2.24, 2.45) is 11.7 Å². The van der Waals surface area contributed by atoms with Crippen molar-refractivity contribution in [2.75, 3.05) is 19.6 Å². The molecular formula is C10H22N2. The number of nitrogens with two attached hydrogens (primary N) is 1. The SMILES string of the molecule is CCC1CCN(C(C)CN)CC1. The highest BCUT2D eigenvalue weighted by atomic mass is 15.2. The molecule has 1 rings (SSSR count). The highest BCUT2D eigenvalue weighted by molar-refractivity contribution is 4.75. The van der Waals surface area contributed by atoms with Crippen molar-refractivity contribution >= 4 is 0 Å². The van der Waals surface area contributed by atoms with Crippen LogP contribution in [0, 0.1) is 5.92 Å². The number of nitrogens with zero attached hydrogens (tertiary/aromatic N) is 1. The number of hydrogen-bond donors (Lipinski definition) is 1. The highest BCUT2D eigenvalue weighted by Crippen LogP contribution is 2.20. The van der Waals surface area contributed by atoms with Crippen molar-refractivity contribution in [3.05, 3.63) is 0 Å². The van der Waals surface area contributed by atoms with Gasteiger partial charge in [-0.05, 0) is 38.8 Å². The summed E-state index contributed by atoms with van der Waals surface area (Å²) in [6.07, 6.45) is 4.10. The summed E-state index contributed by atoms with van der Waals surface area (Å²) in [7, 11) is 0. The van der Waals surface area contributed by atoms with Crippen LogP contribution in [0.5, 0.6) is 0 Å². The molecule has 0 bridgehead atoms. The lowest BCUT2D eigenvalue weighted by atomic mass is 9.94. The van der Waals surface area contributed by atoms with Crippen LogP contribution in [0.1, 0.15) is 33.1 Å². The first kappa shape index (κ1) is 10.0. The monoisotopic (exact) mass is 170 g/mol. The predicted molar refractivity (Wildman–Crippen MR) is 53.1 cm³/mol. The lowest BCUT2D eigenvalue weighted by Gasteiger charge is -2.35. The zero-order valence-corrected chi connectivity index (χ0v) is 8.42.